The predicted octanol–water partition coefficient (Wildman–Crippen LogP) is 3.69. The Labute approximate surface area is 179 Å². The molecule has 0 saturated heterocycles. The van der Waals surface area contributed by atoms with Crippen LogP contribution in [0.15, 0.2) is 59.0 Å². The number of carbonyl (C=O) groups excluding carboxylic acids is 2. The molecule has 3 N–H and O–H groups in total. The minimum atomic E-state index is -0.534. The van der Waals surface area contributed by atoms with E-state index in [1.807, 2.05) is 67.1 Å². The summed E-state index contributed by atoms with van der Waals surface area (Å²) in [5.41, 5.74) is 9.71. The molecule has 0 radical (unpaired) electrons. The van der Waals surface area contributed by atoms with Crippen LogP contribution in [0.4, 0.5) is 4.79 Å². The number of benzene rings is 2. The van der Waals surface area contributed by atoms with E-state index >= 15 is 0 Å². The fourth-order valence-electron chi connectivity index (χ4n) is 3.53. The van der Waals surface area contributed by atoms with E-state index in [0.29, 0.717) is 5.58 Å². The minimum absolute atomic E-state index is 0.164. The average molecular weight is 417 g/mol. The zero-order chi connectivity index (χ0) is 22.0. The van der Waals surface area contributed by atoms with Gasteiger partial charge in [0, 0.05) is 28.8 Å². The summed E-state index contributed by atoms with van der Waals surface area (Å²) in [6.07, 6.45) is 0. The summed E-state index contributed by atoms with van der Waals surface area (Å²) in [7, 11) is 0. The predicted molar refractivity (Wildman–Crippen MR) is 117 cm³/mol. The van der Waals surface area contributed by atoms with Gasteiger partial charge in [0.2, 0.25) is 0 Å². The molecule has 0 unspecified atom stereocenters. The van der Waals surface area contributed by atoms with Crippen LogP contribution in [0, 0.1) is 20.8 Å². The fourth-order valence-corrected chi connectivity index (χ4v) is 3.53. The largest absolute Gasteiger partial charge is 0.451 e. The third kappa shape index (κ3) is 4.00. The van der Waals surface area contributed by atoms with Gasteiger partial charge in [-0.15, -0.1) is 0 Å². The molecule has 0 atom stereocenters. The number of aromatic nitrogens is 2. The van der Waals surface area contributed by atoms with Gasteiger partial charge in [-0.2, -0.15) is 5.10 Å². The first kappa shape index (κ1) is 20.2. The summed E-state index contributed by atoms with van der Waals surface area (Å²) >= 11 is 0. The van der Waals surface area contributed by atoms with Crippen molar-refractivity contribution < 1.29 is 14.0 Å². The van der Waals surface area contributed by atoms with Crippen molar-refractivity contribution >= 4 is 22.9 Å². The highest BCUT2D eigenvalue weighted by Crippen LogP contribution is 2.24. The highest BCUT2D eigenvalue weighted by Gasteiger charge is 2.18. The number of rotatable bonds is 4. The first-order valence-corrected chi connectivity index (χ1v) is 9.88. The molecule has 2 heterocycles. The monoisotopic (exact) mass is 417 g/mol. The molecule has 8 heteroatoms. The fraction of sp³-hybridized carbons (Fsp3) is 0.174. The second kappa shape index (κ2) is 8.35. The van der Waals surface area contributed by atoms with Gasteiger partial charge in [-0.05, 0) is 39.0 Å². The van der Waals surface area contributed by atoms with Gasteiger partial charge in [-0.25, -0.2) is 14.9 Å². The lowest BCUT2D eigenvalue weighted by Crippen LogP contribution is -2.46. The molecule has 2 aromatic carbocycles. The number of nitrogens with one attached hydrogen (secondary N) is 3. The number of fused-ring (bicyclic) bond motifs is 1. The second-order valence-corrected chi connectivity index (χ2v) is 7.21. The van der Waals surface area contributed by atoms with Crippen LogP contribution < -0.4 is 16.2 Å². The average Bonchev–Trinajstić information content (AvgIpc) is 3.27. The molecule has 0 aliphatic rings. The van der Waals surface area contributed by atoms with E-state index in [9.17, 15) is 9.59 Å². The number of amides is 3. The molecular formula is C23H23N5O3. The molecule has 2 aromatic heterocycles. The number of hydrogen-bond acceptors (Lipinski definition) is 4. The van der Waals surface area contributed by atoms with Gasteiger partial charge in [-0.3, -0.25) is 10.2 Å². The van der Waals surface area contributed by atoms with E-state index in [1.54, 1.807) is 13.0 Å². The van der Waals surface area contributed by atoms with E-state index in [-0.39, 0.29) is 12.3 Å². The normalized spacial score (nSPS) is 10.8. The standard InChI is InChI=1S/C23H23N5O3/c1-14-18-11-7-8-12-20(18)31-21(14)22(29)25-26-23(30)24-13-19-15(2)27-28(16(19)3)17-9-5-4-6-10-17/h4-12H,13H2,1-3H3,(H,25,29)(H2,24,26,30). The Morgan fingerprint density at radius 1 is 0.968 bits per heavy atom. The van der Waals surface area contributed by atoms with Crippen LogP contribution in [-0.4, -0.2) is 21.7 Å². The van der Waals surface area contributed by atoms with Crippen molar-refractivity contribution in [3.8, 4) is 5.69 Å². The maximum Gasteiger partial charge on any atom is 0.333 e. The van der Waals surface area contributed by atoms with Crippen LogP contribution in [0.25, 0.3) is 16.7 Å². The van der Waals surface area contributed by atoms with E-state index in [4.69, 9.17) is 4.42 Å². The van der Waals surface area contributed by atoms with Crippen molar-refractivity contribution in [1.82, 2.24) is 25.9 Å². The lowest BCUT2D eigenvalue weighted by atomic mass is 10.1. The van der Waals surface area contributed by atoms with Crippen molar-refractivity contribution in [2.24, 2.45) is 0 Å². The van der Waals surface area contributed by atoms with Gasteiger partial charge >= 0.3 is 11.9 Å². The summed E-state index contributed by atoms with van der Waals surface area (Å²) < 4.78 is 7.45. The Bertz CT molecular complexity index is 1260. The van der Waals surface area contributed by atoms with Gasteiger partial charge < -0.3 is 9.73 Å². The van der Waals surface area contributed by atoms with Gasteiger partial charge in [-0.1, -0.05) is 36.4 Å². The van der Waals surface area contributed by atoms with Gasteiger partial charge in [0.05, 0.1) is 11.4 Å². The number of nitrogens with zero attached hydrogens (tertiary/aromatic N) is 2. The van der Waals surface area contributed by atoms with Crippen LogP contribution >= 0.6 is 0 Å². The molecule has 8 nitrogen and oxygen atoms in total. The highest BCUT2D eigenvalue weighted by atomic mass is 16.3. The third-order valence-electron chi connectivity index (χ3n) is 5.21. The van der Waals surface area contributed by atoms with Gasteiger partial charge in [0.1, 0.15) is 5.58 Å². The Morgan fingerprint density at radius 2 is 1.68 bits per heavy atom. The number of furan rings is 1. The molecule has 0 spiro atoms. The van der Waals surface area contributed by atoms with E-state index < -0.39 is 11.9 Å². The molecule has 0 aliphatic heterocycles. The quantitative estimate of drug-likeness (QED) is 0.441. The molecule has 4 rings (SSSR count). The van der Waals surface area contributed by atoms with Crippen LogP contribution in [0.3, 0.4) is 0 Å². The molecule has 4 aromatic rings. The summed E-state index contributed by atoms with van der Waals surface area (Å²) in [5, 5.41) is 8.17. The maximum absolute atomic E-state index is 12.4. The first-order chi connectivity index (χ1) is 15.0. The van der Waals surface area contributed by atoms with Gasteiger partial charge in [0.25, 0.3) is 0 Å². The van der Waals surface area contributed by atoms with Crippen molar-refractivity contribution in [3.05, 3.63) is 82.9 Å². The molecule has 158 valence electrons. The molecule has 0 bridgehead atoms. The van der Waals surface area contributed by atoms with Crippen molar-refractivity contribution in [1.29, 1.82) is 0 Å². The number of aryl methyl sites for hydroxylation is 2. The van der Waals surface area contributed by atoms with Crippen LogP contribution in [0.2, 0.25) is 0 Å². The van der Waals surface area contributed by atoms with E-state index in [0.717, 1.165) is 33.6 Å². The molecule has 3 amide bonds. The van der Waals surface area contributed by atoms with Crippen LogP contribution in [0.5, 0.6) is 0 Å². The first-order valence-electron chi connectivity index (χ1n) is 9.88. The second-order valence-electron chi connectivity index (χ2n) is 7.21. The van der Waals surface area contributed by atoms with Crippen LogP contribution in [0.1, 0.15) is 33.1 Å². The maximum atomic E-state index is 12.4. The zero-order valence-electron chi connectivity index (χ0n) is 17.5. The third-order valence-corrected chi connectivity index (χ3v) is 5.21. The highest BCUT2D eigenvalue weighted by molar-refractivity contribution is 5.99. The smallest absolute Gasteiger partial charge is 0.333 e. The molecule has 31 heavy (non-hydrogen) atoms. The Balaban J connectivity index is 1.37. The number of urea groups is 1. The summed E-state index contributed by atoms with van der Waals surface area (Å²) in [5.74, 6) is -0.356. The minimum Gasteiger partial charge on any atom is -0.451 e. The topological polar surface area (TPSA) is 101 Å². The summed E-state index contributed by atoms with van der Waals surface area (Å²) in [6.45, 7) is 5.92. The number of hydrogen-bond donors (Lipinski definition) is 3. The van der Waals surface area contributed by atoms with Gasteiger partial charge in [0.15, 0.2) is 5.76 Å². The lowest BCUT2D eigenvalue weighted by molar-refractivity contribution is 0.0909. The van der Waals surface area contributed by atoms with Crippen molar-refractivity contribution in [2.75, 3.05) is 0 Å². The molecule has 0 fully saturated rings. The van der Waals surface area contributed by atoms with Crippen molar-refractivity contribution in [2.45, 2.75) is 27.3 Å². The van der Waals surface area contributed by atoms with Crippen LogP contribution in [-0.2, 0) is 6.54 Å². The van der Waals surface area contributed by atoms with Crippen molar-refractivity contribution in [3.63, 3.8) is 0 Å². The molecule has 0 saturated carbocycles. The summed E-state index contributed by atoms with van der Waals surface area (Å²) in [4.78, 5) is 24.6. The van der Waals surface area contributed by atoms with E-state index in [2.05, 4.69) is 21.3 Å². The Morgan fingerprint density at radius 3 is 2.42 bits per heavy atom. The molecule has 0 aliphatic carbocycles. The molecular weight excluding hydrogens is 394 g/mol. The number of para-hydroxylation sites is 2. The zero-order valence-corrected chi connectivity index (χ0v) is 17.5. The summed E-state index contributed by atoms with van der Waals surface area (Å²) in [6, 6.07) is 16.6. The number of carbonyl (C=O) groups is 2. The lowest BCUT2D eigenvalue weighted by Gasteiger charge is -2.09. The SMILES string of the molecule is Cc1nn(-c2ccccc2)c(C)c1CNC(=O)NNC(=O)c1oc2ccccc2c1C. The van der Waals surface area contributed by atoms with E-state index in [1.165, 1.54) is 0 Å². The Kier molecular flexibility index (Phi) is 5.44. The number of hydrazine groups is 1. The Hall–Kier alpha value is -4.07.